The van der Waals surface area contributed by atoms with E-state index in [1.165, 1.54) is 0 Å². The molecule has 0 aliphatic carbocycles. The molecule has 0 spiro atoms. The lowest BCUT2D eigenvalue weighted by atomic mass is 10.1. The fraction of sp³-hybridized carbons (Fsp3) is 0.316. The van der Waals surface area contributed by atoms with Gasteiger partial charge in [-0.1, -0.05) is 23.8 Å². The zero-order valence-electron chi connectivity index (χ0n) is 15.2. The van der Waals surface area contributed by atoms with E-state index in [9.17, 15) is 13.2 Å². The van der Waals surface area contributed by atoms with Crippen molar-refractivity contribution in [3.8, 4) is 5.75 Å². The molecule has 2 aromatic rings. The smallest absolute Gasteiger partial charge is 0.239 e. The topological polar surface area (TPSA) is 84.5 Å². The molecule has 0 saturated heterocycles. The minimum atomic E-state index is -3.61. The van der Waals surface area contributed by atoms with Gasteiger partial charge in [-0.25, -0.2) is 13.1 Å². The van der Waals surface area contributed by atoms with Gasteiger partial charge in [0.05, 0.1) is 18.9 Å². The number of ether oxygens (including phenoxy) is 1. The Kier molecular flexibility index (Phi) is 6.76. The van der Waals surface area contributed by atoms with Crippen molar-refractivity contribution in [3.05, 3.63) is 59.2 Å². The van der Waals surface area contributed by atoms with Crippen molar-refractivity contribution >= 4 is 21.6 Å². The average molecular weight is 376 g/mol. The maximum atomic E-state index is 12.2. The van der Waals surface area contributed by atoms with E-state index < -0.39 is 15.9 Å². The molecule has 0 aliphatic rings. The Morgan fingerprint density at radius 1 is 1.08 bits per heavy atom. The van der Waals surface area contributed by atoms with Crippen molar-refractivity contribution < 1.29 is 17.9 Å². The van der Waals surface area contributed by atoms with Crippen LogP contribution in [0, 0.1) is 13.8 Å². The van der Waals surface area contributed by atoms with E-state index in [4.69, 9.17) is 4.74 Å². The molecule has 0 fully saturated rings. The number of aryl methyl sites for hydroxylation is 2. The molecule has 2 rings (SSSR count). The summed E-state index contributed by atoms with van der Waals surface area (Å²) in [6.07, 6.45) is 0. The number of anilines is 1. The molecule has 0 saturated carbocycles. The van der Waals surface area contributed by atoms with Gasteiger partial charge >= 0.3 is 0 Å². The maximum absolute atomic E-state index is 12.2. The average Bonchev–Trinajstić information content (AvgIpc) is 2.58. The van der Waals surface area contributed by atoms with Crippen molar-refractivity contribution in [2.24, 2.45) is 0 Å². The number of sulfonamides is 1. The van der Waals surface area contributed by atoms with Crippen molar-refractivity contribution in [2.75, 3.05) is 18.5 Å². The van der Waals surface area contributed by atoms with Gasteiger partial charge in [-0.3, -0.25) is 4.79 Å². The molecule has 0 aliphatic heterocycles. The molecule has 7 heteroatoms. The molecule has 26 heavy (non-hydrogen) atoms. The molecule has 0 unspecified atom stereocenters. The molecular weight excluding hydrogens is 352 g/mol. The number of amides is 1. The highest BCUT2D eigenvalue weighted by Crippen LogP contribution is 2.16. The zero-order chi connectivity index (χ0) is 19.2. The molecule has 0 radical (unpaired) electrons. The fourth-order valence-corrected chi connectivity index (χ4v) is 3.57. The number of rotatable bonds is 8. The summed E-state index contributed by atoms with van der Waals surface area (Å²) in [5, 5.41) is 2.65. The standard InChI is InChI=1S/C19H24N2O4S/c1-4-25-18-9-7-17(8-10-18)21-19(22)12-20-26(23,24)13-16-11-14(2)5-6-15(16)3/h5-11,20H,4,12-13H2,1-3H3,(H,21,22). The molecule has 2 aromatic carbocycles. The molecule has 0 aromatic heterocycles. The highest BCUT2D eigenvalue weighted by molar-refractivity contribution is 7.88. The molecule has 6 nitrogen and oxygen atoms in total. The largest absolute Gasteiger partial charge is 0.494 e. The van der Waals surface area contributed by atoms with E-state index in [-0.39, 0.29) is 12.3 Å². The Balaban J connectivity index is 1.90. The van der Waals surface area contributed by atoms with Crippen LogP contribution in [0.25, 0.3) is 0 Å². The lowest BCUT2D eigenvalue weighted by Gasteiger charge is -2.10. The van der Waals surface area contributed by atoms with Crippen LogP contribution in [0.1, 0.15) is 23.6 Å². The Morgan fingerprint density at radius 2 is 1.77 bits per heavy atom. The molecule has 0 bridgehead atoms. The summed E-state index contributed by atoms with van der Waals surface area (Å²) in [4.78, 5) is 12.0. The Morgan fingerprint density at radius 3 is 2.42 bits per heavy atom. The number of hydrogen-bond donors (Lipinski definition) is 2. The minimum Gasteiger partial charge on any atom is -0.494 e. The Hall–Kier alpha value is -2.38. The van der Waals surface area contributed by atoms with E-state index in [0.717, 1.165) is 16.7 Å². The van der Waals surface area contributed by atoms with Crippen LogP contribution in [0.3, 0.4) is 0 Å². The van der Waals surface area contributed by atoms with Gasteiger partial charge < -0.3 is 10.1 Å². The highest BCUT2D eigenvalue weighted by Gasteiger charge is 2.15. The first-order chi connectivity index (χ1) is 12.3. The van der Waals surface area contributed by atoms with Crippen molar-refractivity contribution in [1.29, 1.82) is 0 Å². The summed E-state index contributed by atoms with van der Waals surface area (Å²) in [5.74, 6) is 0.120. The first-order valence-electron chi connectivity index (χ1n) is 8.35. The van der Waals surface area contributed by atoms with E-state index in [2.05, 4.69) is 10.0 Å². The summed E-state index contributed by atoms with van der Waals surface area (Å²) in [5.41, 5.74) is 3.20. The third-order valence-corrected chi connectivity index (χ3v) is 5.03. The first kappa shape index (κ1) is 19.9. The van der Waals surface area contributed by atoms with Crippen LogP contribution < -0.4 is 14.8 Å². The lowest BCUT2D eigenvalue weighted by molar-refractivity contribution is -0.115. The van der Waals surface area contributed by atoms with Gasteiger partial charge in [-0.05, 0) is 56.2 Å². The summed E-state index contributed by atoms with van der Waals surface area (Å²) in [7, 11) is -3.61. The summed E-state index contributed by atoms with van der Waals surface area (Å²) >= 11 is 0. The second-order valence-electron chi connectivity index (χ2n) is 6.02. The quantitative estimate of drug-likeness (QED) is 0.742. The van der Waals surface area contributed by atoms with Crippen molar-refractivity contribution in [1.82, 2.24) is 4.72 Å². The van der Waals surface area contributed by atoms with Crippen molar-refractivity contribution in [3.63, 3.8) is 0 Å². The van der Waals surface area contributed by atoms with Crippen LogP contribution in [-0.4, -0.2) is 27.5 Å². The van der Waals surface area contributed by atoms with Gasteiger partial charge in [0, 0.05) is 5.69 Å². The second-order valence-corrected chi connectivity index (χ2v) is 7.82. The molecule has 0 heterocycles. The highest BCUT2D eigenvalue weighted by atomic mass is 32.2. The number of nitrogens with one attached hydrogen (secondary N) is 2. The number of hydrogen-bond acceptors (Lipinski definition) is 4. The third-order valence-electron chi connectivity index (χ3n) is 3.75. The molecule has 1 amide bonds. The van der Waals surface area contributed by atoms with E-state index >= 15 is 0 Å². The number of carbonyl (C=O) groups is 1. The maximum Gasteiger partial charge on any atom is 0.239 e. The van der Waals surface area contributed by atoms with Crippen LogP contribution in [0.2, 0.25) is 0 Å². The van der Waals surface area contributed by atoms with E-state index in [0.29, 0.717) is 18.0 Å². The van der Waals surface area contributed by atoms with Gasteiger partial charge in [0.25, 0.3) is 0 Å². The van der Waals surface area contributed by atoms with E-state index in [1.54, 1.807) is 24.3 Å². The predicted octanol–water partition coefficient (Wildman–Crippen LogP) is 2.76. The summed E-state index contributed by atoms with van der Waals surface area (Å²) < 4.78 is 32.1. The van der Waals surface area contributed by atoms with Crippen LogP contribution in [0.4, 0.5) is 5.69 Å². The predicted molar refractivity (Wildman–Crippen MR) is 103 cm³/mol. The van der Waals surface area contributed by atoms with E-state index in [1.807, 2.05) is 39.0 Å². The molecule has 0 atom stereocenters. The lowest BCUT2D eigenvalue weighted by Crippen LogP contribution is -2.33. The van der Waals surface area contributed by atoms with Gasteiger partial charge in [-0.15, -0.1) is 0 Å². The number of carbonyl (C=O) groups excluding carboxylic acids is 1. The fourth-order valence-electron chi connectivity index (χ4n) is 2.39. The second kappa shape index (κ2) is 8.82. The number of benzene rings is 2. The van der Waals surface area contributed by atoms with Crippen molar-refractivity contribution in [2.45, 2.75) is 26.5 Å². The van der Waals surface area contributed by atoms with Gasteiger partial charge in [0.15, 0.2) is 0 Å². The Labute approximate surface area is 154 Å². The zero-order valence-corrected chi connectivity index (χ0v) is 16.0. The third kappa shape index (κ3) is 6.16. The minimum absolute atomic E-state index is 0.156. The Bertz CT molecular complexity index is 862. The van der Waals surface area contributed by atoms with Gasteiger partial charge in [-0.2, -0.15) is 0 Å². The van der Waals surface area contributed by atoms with Crippen LogP contribution in [0.15, 0.2) is 42.5 Å². The molecular formula is C19H24N2O4S. The summed E-state index contributed by atoms with van der Waals surface area (Å²) in [6.45, 7) is 5.91. The molecule has 140 valence electrons. The SMILES string of the molecule is CCOc1ccc(NC(=O)CNS(=O)(=O)Cc2cc(C)ccc2C)cc1. The normalized spacial score (nSPS) is 11.2. The van der Waals surface area contributed by atoms with Crippen LogP contribution in [0.5, 0.6) is 5.75 Å². The molecule has 2 N–H and O–H groups in total. The van der Waals surface area contributed by atoms with Crippen LogP contribution in [-0.2, 0) is 20.6 Å². The van der Waals surface area contributed by atoms with Gasteiger partial charge in [0.1, 0.15) is 5.75 Å². The summed E-state index contributed by atoms with van der Waals surface area (Å²) in [6, 6.07) is 12.5. The van der Waals surface area contributed by atoms with Gasteiger partial charge in [0.2, 0.25) is 15.9 Å². The first-order valence-corrected chi connectivity index (χ1v) is 10.0. The monoisotopic (exact) mass is 376 g/mol. The van der Waals surface area contributed by atoms with Crippen LogP contribution >= 0.6 is 0 Å².